The molecule has 1 saturated heterocycles. The van der Waals surface area contributed by atoms with Gasteiger partial charge in [0.1, 0.15) is 11.5 Å². The van der Waals surface area contributed by atoms with Crippen molar-refractivity contribution >= 4 is 32.2 Å². The molecule has 0 aromatic heterocycles. The Bertz CT molecular complexity index is 1080. The predicted molar refractivity (Wildman–Crippen MR) is 141 cm³/mol. The molecule has 0 spiro atoms. The van der Waals surface area contributed by atoms with Crippen LogP contribution in [-0.4, -0.2) is 74.2 Å². The highest BCUT2D eigenvalue weighted by Gasteiger charge is 2.34. The maximum absolute atomic E-state index is 12.9. The fourth-order valence-electron chi connectivity index (χ4n) is 3.39. The zero-order valence-corrected chi connectivity index (χ0v) is 22.7. The minimum Gasteiger partial charge on any atom is -0.457 e. The lowest BCUT2D eigenvalue weighted by atomic mass is 9.81. The number of likely N-dealkylation sites (N-methyl/N-ethyl adjacent to an activating group) is 1. The minimum atomic E-state index is -3.52. The zero-order chi connectivity index (χ0) is 25.1. The molecule has 0 radical (unpaired) electrons. The van der Waals surface area contributed by atoms with Crippen LogP contribution in [-0.2, 0) is 21.3 Å². The second-order valence-electron chi connectivity index (χ2n) is 9.89. The lowest BCUT2D eigenvalue weighted by molar-refractivity contribution is 0.0840. The maximum Gasteiger partial charge on any atom is 0.309 e. The largest absolute Gasteiger partial charge is 0.457 e. The van der Waals surface area contributed by atoms with Crippen molar-refractivity contribution in [2.24, 2.45) is 0 Å². The number of hydrogen-bond acceptors (Lipinski definition) is 6. The molecule has 0 aliphatic carbocycles. The van der Waals surface area contributed by atoms with E-state index < -0.39 is 10.0 Å². The summed E-state index contributed by atoms with van der Waals surface area (Å²) in [5.74, 6) is 1.09. The Morgan fingerprint density at radius 3 is 2.15 bits per heavy atom. The zero-order valence-electron chi connectivity index (χ0n) is 20.7. The highest BCUT2D eigenvalue weighted by atomic mass is 32.2. The van der Waals surface area contributed by atoms with E-state index in [2.05, 4.69) is 28.0 Å². The first-order valence-electron chi connectivity index (χ1n) is 11.5. The predicted octanol–water partition coefficient (Wildman–Crippen LogP) is 2.33. The summed E-state index contributed by atoms with van der Waals surface area (Å²) in [5, 5.41) is 9.76. The summed E-state index contributed by atoms with van der Waals surface area (Å²) in [7, 11) is 1.66. The van der Waals surface area contributed by atoms with Gasteiger partial charge in [-0.15, -0.1) is 9.24 Å². The lowest BCUT2D eigenvalue weighted by Gasteiger charge is -2.39. The van der Waals surface area contributed by atoms with E-state index in [4.69, 9.17) is 9.39 Å². The Kier molecular flexibility index (Phi) is 8.49. The number of benzene rings is 2. The van der Waals surface area contributed by atoms with Gasteiger partial charge in [-0.1, -0.05) is 19.9 Å². The van der Waals surface area contributed by atoms with E-state index in [0.717, 1.165) is 24.1 Å². The van der Waals surface area contributed by atoms with Gasteiger partial charge in [-0.25, -0.2) is 8.42 Å². The standard InChI is InChI=1S/C24H36BN2O5PS/c1-23(2,24(3,4)33)32-25-22-11-8-20(16-18(22)17-28)31-19-6-9-21(10-7-19)34(29,30)27-14-12-26(5)13-15-27/h6-11,16,25,28H,12-15,17,33H2,1-5H3. The van der Waals surface area contributed by atoms with Crippen LogP contribution in [0.15, 0.2) is 47.4 Å². The normalized spacial score (nSPS) is 16.4. The van der Waals surface area contributed by atoms with Gasteiger partial charge in [0.25, 0.3) is 0 Å². The van der Waals surface area contributed by atoms with Crippen molar-refractivity contribution in [3.05, 3.63) is 48.0 Å². The van der Waals surface area contributed by atoms with Gasteiger partial charge in [-0.3, -0.25) is 0 Å². The van der Waals surface area contributed by atoms with E-state index in [-0.39, 0.29) is 22.3 Å². The van der Waals surface area contributed by atoms with Crippen molar-refractivity contribution in [3.63, 3.8) is 0 Å². The molecule has 1 fully saturated rings. The summed E-state index contributed by atoms with van der Waals surface area (Å²) in [6.07, 6.45) is 0. The molecule has 0 amide bonds. The molecular weight excluding hydrogens is 470 g/mol. The maximum atomic E-state index is 12.9. The average molecular weight is 506 g/mol. The van der Waals surface area contributed by atoms with Gasteiger partial charge in [0.05, 0.1) is 17.1 Å². The molecular formula is C24H36BN2O5PS. The van der Waals surface area contributed by atoms with Crippen molar-refractivity contribution in [2.75, 3.05) is 33.2 Å². The molecule has 0 saturated carbocycles. The molecule has 1 heterocycles. The van der Waals surface area contributed by atoms with Crippen molar-refractivity contribution < 1.29 is 22.9 Å². The summed E-state index contributed by atoms with van der Waals surface area (Å²) in [6, 6.07) is 12.0. The fraction of sp³-hybridized carbons (Fsp3) is 0.500. The number of ether oxygens (including phenoxy) is 1. The quantitative estimate of drug-likeness (QED) is 0.416. The summed E-state index contributed by atoms with van der Waals surface area (Å²) in [6.45, 7) is 10.6. The molecule has 1 aliphatic heterocycles. The Morgan fingerprint density at radius 2 is 1.59 bits per heavy atom. The summed E-state index contributed by atoms with van der Waals surface area (Å²) < 4.78 is 39.4. The number of sulfonamides is 1. The van der Waals surface area contributed by atoms with Gasteiger partial charge >= 0.3 is 7.48 Å². The summed E-state index contributed by atoms with van der Waals surface area (Å²) >= 11 is 0. The summed E-state index contributed by atoms with van der Waals surface area (Å²) in [4.78, 5) is 2.37. The Balaban J connectivity index is 1.69. The molecule has 1 aliphatic rings. The molecule has 0 bridgehead atoms. The van der Waals surface area contributed by atoms with Crippen LogP contribution in [0.2, 0.25) is 0 Å². The van der Waals surface area contributed by atoms with Gasteiger partial charge in [0.15, 0.2) is 0 Å². The topological polar surface area (TPSA) is 79.3 Å². The highest BCUT2D eigenvalue weighted by molar-refractivity contribution is 7.89. The average Bonchev–Trinajstić information content (AvgIpc) is 2.78. The Labute approximate surface area is 207 Å². The van der Waals surface area contributed by atoms with Crippen molar-refractivity contribution in [3.8, 4) is 11.5 Å². The first kappa shape index (κ1) is 27.1. The third-order valence-electron chi connectivity index (χ3n) is 6.65. The third kappa shape index (κ3) is 6.39. The van der Waals surface area contributed by atoms with E-state index in [0.29, 0.717) is 32.1 Å². The molecule has 1 unspecified atom stereocenters. The first-order valence-corrected chi connectivity index (χ1v) is 13.5. The Morgan fingerprint density at radius 1 is 1.00 bits per heavy atom. The van der Waals surface area contributed by atoms with E-state index in [1.807, 2.05) is 33.0 Å². The second-order valence-corrected chi connectivity index (χ2v) is 13.3. The minimum absolute atomic E-state index is 0.112. The highest BCUT2D eigenvalue weighted by Crippen LogP contribution is 2.33. The number of hydrogen-bond donors (Lipinski definition) is 1. The SMILES string of the molecule is CN1CCN(S(=O)(=O)c2ccc(Oc3ccc(BOC(C)(C)C(C)(C)P)c(CO)c3)cc2)CC1. The van der Waals surface area contributed by atoms with Crippen LogP contribution < -0.4 is 10.2 Å². The van der Waals surface area contributed by atoms with Crippen LogP contribution in [0.4, 0.5) is 0 Å². The first-order chi connectivity index (χ1) is 15.8. The van der Waals surface area contributed by atoms with E-state index >= 15 is 0 Å². The number of nitrogens with zero attached hydrogens (tertiary/aromatic N) is 2. The van der Waals surface area contributed by atoms with Crippen LogP contribution in [0.3, 0.4) is 0 Å². The van der Waals surface area contributed by atoms with Crippen LogP contribution >= 0.6 is 9.24 Å². The van der Waals surface area contributed by atoms with Gasteiger partial charge in [0.2, 0.25) is 10.0 Å². The van der Waals surface area contributed by atoms with Crippen LogP contribution in [0.25, 0.3) is 0 Å². The molecule has 1 atom stereocenters. The fourth-order valence-corrected chi connectivity index (χ4v) is 4.90. The molecule has 1 N–H and O–H groups in total. The number of aliphatic hydroxyl groups excluding tert-OH is 1. The van der Waals surface area contributed by atoms with Crippen LogP contribution in [0, 0.1) is 0 Å². The molecule has 3 rings (SSSR count). The molecule has 186 valence electrons. The van der Waals surface area contributed by atoms with Gasteiger partial charge in [-0.2, -0.15) is 4.31 Å². The van der Waals surface area contributed by atoms with E-state index in [1.54, 1.807) is 30.3 Å². The van der Waals surface area contributed by atoms with Crippen molar-refractivity contribution in [1.29, 1.82) is 0 Å². The molecule has 7 nitrogen and oxygen atoms in total. The van der Waals surface area contributed by atoms with Crippen LogP contribution in [0.1, 0.15) is 33.3 Å². The van der Waals surface area contributed by atoms with E-state index in [9.17, 15) is 13.5 Å². The monoisotopic (exact) mass is 506 g/mol. The van der Waals surface area contributed by atoms with Crippen molar-refractivity contribution in [2.45, 2.75) is 50.0 Å². The second kappa shape index (κ2) is 10.6. The third-order valence-corrected chi connectivity index (χ3v) is 9.26. The number of piperazine rings is 1. The molecule has 10 heteroatoms. The molecule has 2 aromatic rings. The van der Waals surface area contributed by atoms with Crippen molar-refractivity contribution in [1.82, 2.24) is 9.21 Å². The van der Waals surface area contributed by atoms with Gasteiger partial charge < -0.3 is 19.4 Å². The van der Waals surface area contributed by atoms with Gasteiger partial charge in [-0.05, 0) is 68.3 Å². The smallest absolute Gasteiger partial charge is 0.309 e. The van der Waals surface area contributed by atoms with Crippen LogP contribution in [0.5, 0.6) is 11.5 Å². The Hall–Kier alpha value is -1.48. The van der Waals surface area contributed by atoms with E-state index in [1.165, 1.54) is 4.31 Å². The lowest BCUT2D eigenvalue weighted by Crippen LogP contribution is -2.46. The summed E-state index contributed by atoms with van der Waals surface area (Å²) in [5.41, 5.74) is 1.25. The number of aliphatic hydroxyl groups is 1. The molecule has 34 heavy (non-hydrogen) atoms. The number of rotatable bonds is 9. The molecule has 2 aromatic carbocycles. The van der Waals surface area contributed by atoms with Gasteiger partial charge in [0, 0.05) is 31.3 Å².